The van der Waals surface area contributed by atoms with Crippen LogP contribution in [0.3, 0.4) is 0 Å². The minimum absolute atomic E-state index is 0.109. The Morgan fingerprint density at radius 3 is 3.07 bits per heavy atom. The lowest BCUT2D eigenvalue weighted by Gasteiger charge is -2.30. The first-order valence-corrected chi connectivity index (χ1v) is 9.92. The summed E-state index contributed by atoms with van der Waals surface area (Å²) < 4.78 is 7.62. The lowest BCUT2D eigenvalue weighted by atomic mass is 10.0. The van der Waals surface area contributed by atoms with Crippen molar-refractivity contribution in [2.75, 3.05) is 26.2 Å². The van der Waals surface area contributed by atoms with E-state index in [0.29, 0.717) is 18.8 Å². The number of nitrogens with zero attached hydrogens (tertiary/aromatic N) is 3. The number of carbonyl (C=O) groups is 1. The fourth-order valence-corrected chi connectivity index (χ4v) is 4.24. The number of fused-ring (bicyclic) bond motifs is 3. The van der Waals surface area contributed by atoms with Gasteiger partial charge in [-0.15, -0.1) is 0 Å². The predicted molar refractivity (Wildman–Crippen MR) is 105 cm³/mol. The first-order valence-electron chi connectivity index (χ1n) is 9.92. The third kappa shape index (κ3) is 3.72. The van der Waals surface area contributed by atoms with Crippen molar-refractivity contribution in [3.63, 3.8) is 0 Å². The Bertz CT molecular complexity index is 830. The molecule has 2 aliphatic heterocycles. The van der Waals surface area contributed by atoms with Crippen molar-refractivity contribution < 1.29 is 9.53 Å². The highest BCUT2D eigenvalue weighted by molar-refractivity contribution is 5.96. The first kappa shape index (κ1) is 18.0. The average molecular weight is 368 g/mol. The van der Waals surface area contributed by atoms with Gasteiger partial charge >= 0.3 is 0 Å². The fourth-order valence-electron chi connectivity index (χ4n) is 4.24. The molecule has 1 unspecified atom stereocenters. The van der Waals surface area contributed by atoms with Gasteiger partial charge in [-0.2, -0.15) is 5.10 Å². The van der Waals surface area contributed by atoms with Crippen molar-refractivity contribution in [2.24, 2.45) is 13.0 Å². The molecule has 4 rings (SSSR count). The van der Waals surface area contributed by atoms with E-state index >= 15 is 0 Å². The molecule has 6 nitrogen and oxygen atoms in total. The second-order valence-electron chi connectivity index (χ2n) is 7.74. The molecule has 1 amide bonds. The number of para-hydroxylation sites is 1. The SMILES string of the molecule is CC1CCCN(CCCNC(=O)c2nn(C)c3c2COc2ccccc2-3)C1. The molecule has 6 heteroatoms. The van der Waals surface area contributed by atoms with Crippen LogP contribution in [0.15, 0.2) is 24.3 Å². The number of hydrogen-bond acceptors (Lipinski definition) is 4. The van der Waals surface area contributed by atoms with E-state index in [1.165, 1.54) is 25.9 Å². The lowest BCUT2D eigenvalue weighted by Crippen LogP contribution is -2.36. The standard InChI is InChI=1S/C21H28N4O2/c1-15-7-5-11-25(13-15)12-6-10-22-21(26)19-17-14-27-18-9-4-3-8-16(18)20(17)24(2)23-19/h3-4,8-9,15H,5-7,10-14H2,1-2H3,(H,22,26). The van der Waals surface area contributed by atoms with Gasteiger partial charge < -0.3 is 15.0 Å². The summed E-state index contributed by atoms with van der Waals surface area (Å²) >= 11 is 0. The molecule has 0 saturated carbocycles. The summed E-state index contributed by atoms with van der Waals surface area (Å²) in [6.45, 7) is 6.78. The summed E-state index contributed by atoms with van der Waals surface area (Å²) in [6.07, 6.45) is 3.59. The van der Waals surface area contributed by atoms with Crippen molar-refractivity contribution >= 4 is 5.91 Å². The van der Waals surface area contributed by atoms with Crippen LogP contribution in [0.1, 0.15) is 42.2 Å². The predicted octanol–water partition coefficient (Wildman–Crippen LogP) is 2.83. The van der Waals surface area contributed by atoms with Gasteiger partial charge in [0.2, 0.25) is 0 Å². The Kier molecular flexibility index (Phi) is 5.16. The number of piperidine rings is 1. The number of likely N-dealkylation sites (tertiary alicyclic amines) is 1. The fraction of sp³-hybridized carbons (Fsp3) is 0.524. The highest BCUT2D eigenvalue weighted by Gasteiger charge is 2.28. The number of hydrogen-bond donors (Lipinski definition) is 1. The molecule has 1 saturated heterocycles. The van der Waals surface area contributed by atoms with Crippen molar-refractivity contribution in [3.8, 4) is 17.0 Å². The zero-order valence-corrected chi connectivity index (χ0v) is 16.2. The van der Waals surface area contributed by atoms with Crippen LogP contribution in [-0.2, 0) is 13.7 Å². The molecule has 2 aromatic rings. The van der Waals surface area contributed by atoms with Gasteiger partial charge in [0.25, 0.3) is 5.91 Å². The van der Waals surface area contributed by atoms with Gasteiger partial charge in [-0.25, -0.2) is 0 Å². The summed E-state index contributed by atoms with van der Waals surface area (Å²) in [7, 11) is 1.88. The molecular weight excluding hydrogens is 340 g/mol. The Morgan fingerprint density at radius 2 is 2.22 bits per heavy atom. The van der Waals surface area contributed by atoms with Gasteiger partial charge in [0.1, 0.15) is 12.4 Å². The first-order chi connectivity index (χ1) is 13.1. The van der Waals surface area contributed by atoms with Crippen LogP contribution >= 0.6 is 0 Å². The summed E-state index contributed by atoms with van der Waals surface area (Å²) in [5.41, 5.74) is 3.32. The quantitative estimate of drug-likeness (QED) is 0.825. The van der Waals surface area contributed by atoms with E-state index in [-0.39, 0.29) is 5.91 Å². The Labute approximate surface area is 160 Å². The number of carbonyl (C=O) groups excluding carboxylic acids is 1. The molecule has 1 aromatic heterocycles. The van der Waals surface area contributed by atoms with Gasteiger partial charge in [-0.1, -0.05) is 19.1 Å². The maximum Gasteiger partial charge on any atom is 0.272 e. The number of ether oxygens (including phenoxy) is 1. The Hall–Kier alpha value is -2.34. The summed E-state index contributed by atoms with van der Waals surface area (Å²) in [4.78, 5) is 15.2. The van der Waals surface area contributed by atoms with Crippen molar-refractivity contribution in [2.45, 2.75) is 32.8 Å². The van der Waals surface area contributed by atoms with E-state index < -0.39 is 0 Å². The summed E-state index contributed by atoms with van der Waals surface area (Å²) in [5.74, 6) is 1.52. The van der Waals surface area contributed by atoms with Crippen LogP contribution in [0.4, 0.5) is 0 Å². The minimum atomic E-state index is -0.109. The number of nitrogens with one attached hydrogen (secondary N) is 1. The number of amides is 1. The van der Waals surface area contributed by atoms with Crippen LogP contribution in [0.25, 0.3) is 11.3 Å². The lowest BCUT2D eigenvalue weighted by molar-refractivity contribution is 0.0942. The molecule has 1 fully saturated rings. The van der Waals surface area contributed by atoms with Gasteiger partial charge in [0.05, 0.1) is 5.69 Å². The Morgan fingerprint density at radius 1 is 1.37 bits per heavy atom. The normalized spacial score (nSPS) is 19.1. The van der Waals surface area contributed by atoms with Crippen molar-refractivity contribution in [3.05, 3.63) is 35.5 Å². The average Bonchev–Trinajstić information content (AvgIpc) is 3.02. The van der Waals surface area contributed by atoms with Crippen LogP contribution in [0.2, 0.25) is 0 Å². The van der Waals surface area contributed by atoms with Gasteiger partial charge in [-0.05, 0) is 50.4 Å². The zero-order valence-electron chi connectivity index (χ0n) is 16.2. The molecule has 1 aromatic carbocycles. The van der Waals surface area contributed by atoms with Crippen LogP contribution in [0.5, 0.6) is 5.75 Å². The molecule has 27 heavy (non-hydrogen) atoms. The zero-order chi connectivity index (χ0) is 18.8. The van der Waals surface area contributed by atoms with Crippen molar-refractivity contribution in [1.29, 1.82) is 0 Å². The van der Waals surface area contributed by atoms with Gasteiger partial charge in [-0.3, -0.25) is 9.48 Å². The van der Waals surface area contributed by atoms with Crippen LogP contribution in [0, 0.1) is 5.92 Å². The van der Waals surface area contributed by atoms with E-state index in [9.17, 15) is 4.79 Å². The highest BCUT2D eigenvalue weighted by atomic mass is 16.5. The summed E-state index contributed by atoms with van der Waals surface area (Å²) in [6, 6.07) is 7.89. The number of rotatable bonds is 5. The number of benzene rings is 1. The monoisotopic (exact) mass is 368 g/mol. The third-order valence-electron chi connectivity index (χ3n) is 5.55. The molecule has 2 aliphatic rings. The summed E-state index contributed by atoms with van der Waals surface area (Å²) in [5, 5.41) is 7.52. The third-order valence-corrected chi connectivity index (χ3v) is 5.55. The number of aryl methyl sites for hydroxylation is 1. The maximum atomic E-state index is 12.7. The van der Waals surface area contributed by atoms with Crippen LogP contribution in [-0.4, -0.2) is 46.8 Å². The molecule has 0 aliphatic carbocycles. The second-order valence-corrected chi connectivity index (χ2v) is 7.74. The molecule has 1 atom stereocenters. The van der Waals surface area contributed by atoms with E-state index in [4.69, 9.17) is 4.74 Å². The van der Waals surface area contributed by atoms with Gasteiger partial charge in [0, 0.05) is 31.3 Å². The Balaban J connectivity index is 1.38. The topological polar surface area (TPSA) is 59.4 Å². The van der Waals surface area contributed by atoms with E-state index in [2.05, 4.69) is 22.2 Å². The molecule has 3 heterocycles. The molecule has 0 spiro atoms. The molecule has 1 N–H and O–H groups in total. The van der Waals surface area contributed by atoms with E-state index in [1.54, 1.807) is 4.68 Å². The largest absolute Gasteiger partial charge is 0.488 e. The van der Waals surface area contributed by atoms with E-state index in [0.717, 1.165) is 41.5 Å². The minimum Gasteiger partial charge on any atom is -0.488 e. The molecule has 144 valence electrons. The molecule has 0 bridgehead atoms. The van der Waals surface area contributed by atoms with Crippen LogP contribution < -0.4 is 10.1 Å². The van der Waals surface area contributed by atoms with Gasteiger partial charge in [0.15, 0.2) is 5.69 Å². The smallest absolute Gasteiger partial charge is 0.272 e. The molecular formula is C21H28N4O2. The number of aromatic nitrogens is 2. The maximum absolute atomic E-state index is 12.7. The van der Waals surface area contributed by atoms with Crippen molar-refractivity contribution in [1.82, 2.24) is 20.0 Å². The molecule has 0 radical (unpaired) electrons. The highest BCUT2D eigenvalue weighted by Crippen LogP contribution is 2.38. The second kappa shape index (κ2) is 7.72. The van der Waals surface area contributed by atoms with E-state index in [1.807, 2.05) is 31.3 Å².